The van der Waals surface area contributed by atoms with Gasteiger partial charge in [-0.15, -0.1) is 0 Å². The van der Waals surface area contributed by atoms with E-state index in [1.54, 1.807) is 12.1 Å². The van der Waals surface area contributed by atoms with E-state index in [2.05, 4.69) is 65.4 Å². The summed E-state index contributed by atoms with van der Waals surface area (Å²) in [6, 6.07) is 24.6. The molecule has 3 aromatic carbocycles. The first kappa shape index (κ1) is 28.3. The van der Waals surface area contributed by atoms with Crippen LogP contribution in [0.15, 0.2) is 72.8 Å². The zero-order valence-electron chi connectivity index (χ0n) is 23.5. The Labute approximate surface area is 237 Å². The van der Waals surface area contributed by atoms with Crippen molar-refractivity contribution < 1.29 is 19.4 Å². The molecule has 1 N–H and O–H groups in total. The fraction of sp³-hybridized carbons (Fsp3) is 0.406. The van der Waals surface area contributed by atoms with E-state index < -0.39 is 6.35 Å². The lowest BCUT2D eigenvalue weighted by Gasteiger charge is -2.39. The van der Waals surface area contributed by atoms with Crippen molar-refractivity contribution in [3.05, 3.63) is 89.5 Å². The Balaban J connectivity index is 1.30. The second-order valence-corrected chi connectivity index (χ2v) is 10.6. The van der Waals surface area contributed by atoms with Gasteiger partial charge in [0.05, 0.1) is 25.9 Å². The molecular formula is C32H40N4O4. The Kier molecular flexibility index (Phi) is 9.46. The van der Waals surface area contributed by atoms with Crippen LogP contribution in [0.5, 0.6) is 0 Å². The van der Waals surface area contributed by atoms with Crippen molar-refractivity contribution in [2.45, 2.75) is 19.4 Å². The number of rotatable bonds is 9. The van der Waals surface area contributed by atoms with Gasteiger partial charge in [0.15, 0.2) is 6.35 Å². The minimum atomic E-state index is -0.802. The number of hydrogen-bond donors (Lipinski definition) is 1. The highest BCUT2D eigenvalue weighted by molar-refractivity contribution is 5.89. The number of nitrogens with zero attached hydrogens (tertiary/aromatic N) is 4. The zero-order chi connectivity index (χ0) is 27.9. The molecule has 3 aromatic rings. The van der Waals surface area contributed by atoms with Gasteiger partial charge in [-0.1, -0.05) is 48.5 Å². The second-order valence-electron chi connectivity index (χ2n) is 10.6. The van der Waals surface area contributed by atoms with E-state index in [9.17, 15) is 9.90 Å². The Morgan fingerprint density at radius 3 is 2.02 bits per heavy atom. The average Bonchev–Trinajstić information content (AvgIpc) is 3.01. The lowest BCUT2D eigenvalue weighted by atomic mass is 10.0. The number of likely N-dealkylation sites (N-methyl/N-ethyl adjacent to an activating group) is 1. The molecule has 0 saturated carbocycles. The smallest absolute Gasteiger partial charge is 0.337 e. The van der Waals surface area contributed by atoms with Gasteiger partial charge in [0.25, 0.3) is 0 Å². The van der Waals surface area contributed by atoms with E-state index in [-0.39, 0.29) is 5.97 Å². The molecule has 0 bridgehead atoms. The van der Waals surface area contributed by atoms with Crippen molar-refractivity contribution in [3.63, 3.8) is 0 Å². The number of piperazine rings is 1. The highest BCUT2D eigenvalue weighted by Gasteiger charge is 2.25. The number of aliphatic hydroxyl groups is 1. The summed E-state index contributed by atoms with van der Waals surface area (Å²) in [6.07, 6.45) is -0.802. The number of esters is 1. The Hall–Kier alpha value is -3.27. The van der Waals surface area contributed by atoms with Gasteiger partial charge < -0.3 is 24.4 Å². The van der Waals surface area contributed by atoms with Gasteiger partial charge in [-0.3, -0.25) is 9.80 Å². The minimum Gasteiger partial charge on any atom is -0.465 e. The number of anilines is 1. The van der Waals surface area contributed by atoms with Crippen molar-refractivity contribution >= 4 is 11.7 Å². The van der Waals surface area contributed by atoms with Crippen molar-refractivity contribution in [1.29, 1.82) is 0 Å². The van der Waals surface area contributed by atoms with Crippen LogP contribution in [0.3, 0.4) is 0 Å². The molecule has 0 aliphatic carbocycles. The van der Waals surface area contributed by atoms with E-state index in [0.717, 1.165) is 49.5 Å². The molecule has 2 heterocycles. The van der Waals surface area contributed by atoms with Gasteiger partial charge >= 0.3 is 5.97 Å². The molecule has 5 rings (SSSR count). The molecule has 2 saturated heterocycles. The quantitative estimate of drug-likeness (QED) is 0.324. The van der Waals surface area contributed by atoms with Crippen LogP contribution in [0.1, 0.15) is 21.5 Å². The average molecular weight is 545 g/mol. The fourth-order valence-electron chi connectivity index (χ4n) is 5.28. The topological polar surface area (TPSA) is 68.7 Å². The van der Waals surface area contributed by atoms with Crippen molar-refractivity contribution in [3.8, 4) is 11.1 Å². The van der Waals surface area contributed by atoms with Gasteiger partial charge in [0.1, 0.15) is 0 Å². The summed E-state index contributed by atoms with van der Waals surface area (Å²) in [5.41, 5.74) is 6.06. The molecule has 2 fully saturated rings. The first-order chi connectivity index (χ1) is 19.5. The first-order valence-electron chi connectivity index (χ1n) is 14.0. The summed E-state index contributed by atoms with van der Waals surface area (Å²) >= 11 is 0. The molecule has 2 aliphatic rings. The Bertz CT molecular complexity index is 1220. The van der Waals surface area contributed by atoms with E-state index >= 15 is 0 Å². The molecule has 1 atom stereocenters. The molecular weight excluding hydrogens is 504 g/mol. The van der Waals surface area contributed by atoms with Crippen LogP contribution in [0.2, 0.25) is 0 Å². The monoisotopic (exact) mass is 544 g/mol. The lowest BCUT2D eigenvalue weighted by Crippen LogP contribution is -2.52. The van der Waals surface area contributed by atoms with Crippen LogP contribution in [-0.2, 0) is 22.6 Å². The fourth-order valence-corrected chi connectivity index (χ4v) is 5.28. The van der Waals surface area contributed by atoms with Gasteiger partial charge in [-0.25, -0.2) is 4.79 Å². The van der Waals surface area contributed by atoms with Crippen LogP contribution in [0.4, 0.5) is 5.69 Å². The molecule has 0 amide bonds. The van der Waals surface area contributed by atoms with Crippen LogP contribution >= 0.6 is 0 Å². The third-order valence-electron chi connectivity index (χ3n) is 7.87. The largest absolute Gasteiger partial charge is 0.465 e. The highest BCUT2D eigenvalue weighted by atomic mass is 16.5. The third kappa shape index (κ3) is 7.08. The van der Waals surface area contributed by atoms with Crippen LogP contribution in [0, 0.1) is 0 Å². The van der Waals surface area contributed by atoms with Crippen molar-refractivity contribution in [2.75, 3.05) is 71.5 Å². The summed E-state index contributed by atoms with van der Waals surface area (Å²) in [5.74, 6) is -0.361. The van der Waals surface area contributed by atoms with Gasteiger partial charge in [-0.2, -0.15) is 0 Å². The maximum atomic E-state index is 11.9. The normalized spacial score (nSPS) is 17.9. The molecule has 1 unspecified atom stereocenters. The molecule has 212 valence electrons. The Morgan fingerprint density at radius 1 is 0.850 bits per heavy atom. The Morgan fingerprint density at radius 2 is 1.43 bits per heavy atom. The second kappa shape index (κ2) is 13.4. The number of morpholine rings is 1. The molecule has 8 nitrogen and oxygen atoms in total. The van der Waals surface area contributed by atoms with Gasteiger partial charge in [0.2, 0.25) is 0 Å². The maximum Gasteiger partial charge on any atom is 0.337 e. The molecule has 40 heavy (non-hydrogen) atoms. The lowest BCUT2D eigenvalue weighted by molar-refractivity contribution is -0.0597. The van der Waals surface area contributed by atoms with E-state index in [0.29, 0.717) is 38.4 Å². The number of carbonyl (C=O) groups excluding carboxylic acids is 1. The highest BCUT2D eigenvalue weighted by Crippen LogP contribution is 2.27. The van der Waals surface area contributed by atoms with Crippen molar-refractivity contribution in [1.82, 2.24) is 14.7 Å². The van der Waals surface area contributed by atoms with Crippen molar-refractivity contribution in [2.24, 2.45) is 0 Å². The van der Waals surface area contributed by atoms with Crippen LogP contribution < -0.4 is 4.90 Å². The minimum absolute atomic E-state index is 0.361. The number of benzene rings is 3. The van der Waals surface area contributed by atoms with Gasteiger partial charge in [0, 0.05) is 58.0 Å². The van der Waals surface area contributed by atoms with Gasteiger partial charge in [-0.05, 0) is 53.6 Å². The molecule has 0 aromatic heterocycles. The maximum absolute atomic E-state index is 11.9. The third-order valence-corrected chi connectivity index (χ3v) is 7.87. The SMILES string of the molecule is COC(=O)c1ccc(CN(c2ccc(-c3ccc(CN4CCN(C)CC4)cc3)cc2)C(O)N2CCOCC2)cc1. The molecule has 0 spiro atoms. The summed E-state index contributed by atoms with van der Waals surface area (Å²) in [5, 5.41) is 11.4. The number of ether oxygens (including phenoxy) is 2. The number of carbonyl (C=O) groups is 1. The zero-order valence-corrected chi connectivity index (χ0v) is 23.5. The molecule has 2 aliphatic heterocycles. The molecule has 8 heteroatoms. The number of methoxy groups -OCH3 is 1. The van der Waals surface area contributed by atoms with Crippen LogP contribution in [-0.4, -0.2) is 98.8 Å². The number of aliphatic hydroxyl groups excluding tert-OH is 1. The predicted molar refractivity (Wildman–Crippen MR) is 157 cm³/mol. The predicted octanol–water partition coefficient (Wildman–Crippen LogP) is 3.50. The first-order valence-corrected chi connectivity index (χ1v) is 14.0. The summed E-state index contributed by atoms with van der Waals surface area (Å²) in [4.78, 5) is 20.8. The summed E-state index contributed by atoms with van der Waals surface area (Å²) < 4.78 is 10.3. The van der Waals surface area contributed by atoms with Crippen LogP contribution in [0.25, 0.3) is 11.1 Å². The summed E-state index contributed by atoms with van der Waals surface area (Å²) in [6.45, 7) is 8.48. The van der Waals surface area contributed by atoms with E-state index in [1.807, 2.05) is 21.9 Å². The van der Waals surface area contributed by atoms with E-state index in [4.69, 9.17) is 9.47 Å². The molecule has 0 radical (unpaired) electrons. The summed E-state index contributed by atoms with van der Waals surface area (Å²) in [7, 11) is 3.56. The number of hydrogen-bond acceptors (Lipinski definition) is 8. The van der Waals surface area contributed by atoms with E-state index in [1.165, 1.54) is 18.2 Å². The standard InChI is InChI=1S/C32H40N4O4/c1-33-15-17-34(18-16-33)23-25-3-7-27(8-4-25)28-11-13-30(14-12-28)36(32(38)35-19-21-40-22-20-35)24-26-5-9-29(10-6-26)31(37)39-2/h3-14,32,38H,15-24H2,1-2H3.